The van der Waals surface area contributed by atoms with Crippen LogP contribution in [0.4, 0.5) is 0 Å². The minimum Gasteiger partial charge on any atom is -0.479 e. The Bertz CT molecular complexity index is 559. The standard InChI is InChI=1S/C13H12N2O5/c1-8(16)15(11(12(17)18)13(19)20)7-10-4-2-9(6-14)3-5-10/h2-5,11H,7H2,1H3,(H,17,18)(H,19,20). The SMILES string of the molecule is CC(=O)N(Cc1ccc(C#N)cc1)C(C(=O)O)C(=O)O. The topological polar surface area (TPSA) is 119 Å². The minimum atomic E-state index is -1.94. The van der Waals surface area contributed by atoms with Crippen LogP contribution in [0.5, 0.6) is 0 Å². The van der Waals surface area contributed by atoms with Crippen LogP contribution in [0, 0.1) is 11.3 Å². The molecule has 20 heavy (non-hydrogen) atoms. The normalized spacial score (nSPS) is 9.85. The maximum Gasteiger partial charge on any atom is 0.338 e. The van der Waals surface area contributed by atoms with Gasteiger partial charge >= 0.3 is 11.9 Å². The van der Waals surface area contributed by atoms with E-state index in [1.165, 1.54) is 24.3 Å². The highest BCUT2D eigenvalue weighted by atomic mass is 16.4. The summed E-state index contributed by atoms with van der Waals surface area (Å²) in [6.07, 6.45) is 0. The number of carbonyl (C=O) groups is 3. The monoisotopic (exact) mass is 276 g/mol. The van der Waals surface area contributed by atoms with Gasteiger partial charge in [0.25, 0.3) is 0 Å². The van der Waals surface area contributed by atoms with E-state index in [0.29, 0.717) is 11.1 Å². The Kier molecular flexibility index (Phi) is 4.81. The zero-order valence-electron chi connectivity index (χ0n) is 10.6. The summed E-state index contributed by atoms with van der Waals surface area (Å²) in [5, 5.41) is 26.5. The molecule has 0 aliphatic heterocycles. The summed E-state index contributed by atoms with van der Waals surface area (Å²) in [7, 11) is 0. The van der Waals surface area contributed by atoms with Gasteiger partial charge in [-0.15, -0.1) is 0 Å². The Hall–Kier alpha value is -2.88. The van der Waals surface area contributed by atoms with E-state index >= 15 is 0 Å². The first-order valence-corrected chi connectivity index (χ1v) is 5.58. The van der Waals surface area contributed by atoms with Crippen molar-refractivity contribution in [2.24, 2.45) is 0 Å². The van der Waals surface area contributed by atoms with Gasteiger partial charge in [-0.2, -0.15) is 5.26 Å². The molecular weight excluding hydrogens is 264 g/mol. The van der Waals surface area contributed by atoms with Gasteiger partial charge in [0.15, 0.2) is 0 Å². The van der Waals surface area contributed by atoms with Crippen LogP contribution in [-0.2, 0) is 20.9 Å². The Balaban J connectivity index is 3.02. The molecule has 0 fully saturated rings. The second-order valence-electron chi connectivity index (χ2n) is 4.03. The number of amides is 1. The van der Waals surface area contributed by atoms with Gasteiger partial charge in [0.1, 0.15) is 0 Å². The summed E-state index contributed by atoms with van der Waals surface area (Å²) in [4.78, 5) is 34.1. The molecule has 7 nitrogen and oxygen atoms in total. The molecule has 0 heterocycles. The molecule has 0 saturated heterocycles. The lowest BCUT2D eigenvalue weighted by atomic mass is 10.1. The van der Waals surface area contributed by atoms with E-state index < -0.39 is 23.9 Å². The third kappa shape index (κ3) is 3.55. The molecule has 1 aromatic carbocycles. The van der Waals surface area contributed by atoms with Gasteiger partial charge in [-0.3, -0.25) is 4.79 Å². The van der Waals surface area contributed by atoms with Crippen LogP contribution in [0.15, 0.2) is 24.3 Å². The van der Waals surface area contributed by atoms with E-state index in [-0.39, 0.29) is 6.54 Å². The lowest BCUT2D eigenvalue weighted by Gasteiger charge is -2.25. The molecule has 0 atom stereocenters. The quantitative estimate of drug-likeness (QED) is 0.753. The molecule has 0 spiro atoms. The number of nitrogens with zero attached hydrogens (tertiary/aromatic N) is 2. The first-order valence-electron chi connectivity index (χ1n) is 5.58. The Morgan fingerprint density at radius 1 is 1.20 bits per heavy atom. The van der Waals surface area contributed by atoms with E-state index in [0.717, 1.165) is 11.8 Å². The van der Waals surface area contributed by atoms with E-state index in [9.17, 15) is 14.4 Å². The highest BCUT2D eigenvalue weighted by Gasteiger charge is 2.34. The first kappa shape index (κ1) is 15.2. The van der Waals surface area contributed by atoms with Crippen molar-refractivity contribution >= 4 is 17.8 Å². The second kappa shape index (κ2) is 6.33. The average molecular weight is 276 g/mol. The molecule has 7 heteroatoms. The minimum absolute atomic E-state index is 0.162. The van der Waals surface area contributed by atoms with Crippen LogP contribution in [0.25, 0.3) is 0 Å². The Morgan fingerprint density at radius 3 is 2.05 bits per heavy atom. The van der Waals surface area contributed by atoms with Crippen LogP contribution in [0.1, 0.15) is 18.1 Å². The van der Waals surface area contributed by atoms with Crippen molar-refractivity contribution in [3.63, 3.8) is 0 Å². The Morgan fingerprint density at radius 2 is 1.70 bits per heavy atom. The van der Waals surface area contributed by atoms with Crippen molar-refractivity contribution < 1.29 is 24.6 Å². The third-order valence-electron chi connectivity index (χ3n) is 2.62. The molecule has 0 unspecified atom stereocenters. The van der Waals surface area contributed by atoms with E-state index in [2.05, 4.69) is 0 Å². The lowest BCUT2D eigenvalue weighted by Crippen LogP contribution is -2.48. The van der Waals surface area contributed by atoms with Gasteiger partial charge in [-0.05, 0) is 17.7 Å². The fourth-order valence-electron chi connectivity index (χ4n) is 1.64. The average Bonchev–Trinajstić information content (AvgIpc) is 2.37. The van der Waals surface area contributed by atoms with Gasteiger partial charge in [0.2, 0.25) is 11.9 Å². The Labute approximate surface area is 114 Å². The number of benzene rings is 1. The predicted octanol–water partition coefficient (Wildman–Crippen LogP) is 0.445. The van der Waals surface area contributed by atoms with Crippen molar-refractivity contribution in [1.29, 1.82) is 5.26 Å². The summed E-state index contributed by atoms with van der Waals surface area (Å²) in [5.41, 5.74) is 0.947. The number of rotatable bonds is 5. The number of carboxylic acid groups (broad SMARTS) is 2. The highest BCUT2D eigenvalue weighted by molar-refractivity contribution is 6.00. The molecule has 0 aliphatic carbocycles. The molecule has 1 aromatic rings. The van der Waals surface area contributed by atoms with Crippen molar-refractivity contribution in [1.82, 2.24) is 4.90 Å². The van der Waals surface area contributed by atoms with E-state index in [4.69, 9.17) is 15.5 Å². The molecule has 0 aromatic heterocycles. The molecule has 1 rings (SSSR count). The number of hydrogen-bond acceptors (Lipinski definition) is 4. The summed E-state index contributed by atoms with van der Waals surface area (Å²) in [5.74, 6) is -3.88. The summed E-state index contributed by atoms with van der Waals surface area (Å²) < 4.78 is 0. The van der Waals surface area contributed by atoms with Gasteiger partial charge in [-0.25, -0.2) is 9.59 Å². The van der Waals surface area contributed by atoms with E-state index in [1.807, 2.05) is 6.07 Å². The number of carboxylic acids is 2. The predicted molar refractivity (Wildman–Crippen MR) is 66.4 cm³/mol. The van der Waals surface area contributed by atoms with Crippen molar-refractivity contribution in [2.45, 2.75) is 19.5 Å². The summed E-state index contributed by atoms with van der Waals surface area (Å²) in [6.45, 7) is 0.937. The number of nitriles is 1. The molecule has 104 valence electrons. The summed E-state index contributed by atoms with van der Waals surface area (Å²) >= 11 is 0. The van der Waals surface area contributed by atoms with Crippen molar-refractivity contribution in [3.05, 3.63) is 35.4 Å². The molecule has 0 radical (unpaired) electrons. The largest absolute Gasteiger partial charge is 0.479 e. The van der Waals surface area contributed by atoms with Crippen LogP contribution in [0.3, 0.4) is 0 Å². The molecule has 1 amide bonds. The van der Waals surface area contributed by atoms with Crippen molar-refractivity contribution in [2.75, 3.05) is 0 Å². The lowest BCUT2D eigenvalue weighted by molar-refractivity contribution is -0.161. The molecule has 0 aliphatic rings. The van der Waals surface area contributed by atoms with Gasteiger partial charge in [0, 0.05) is 13.5 Å². The molecule has 0 saturated carbocycles. The number of aliphatic carboxylic acids is 2. The maximum atomic E-state index is 11.5. The molecule has 2 N–H and O–H groups in total. The van der Waals surface area contributed by atoms with Crippen LogP contribution in [-0.4, -0.2) is 39.0 Å². The number of hydrogen-bond donors (Lipinski definition) is 2. The zero-order chi connectivity index (χ0) is 15.3. The smallest absolute Gasteiger partial charge is 0.338 e. The van der Waals surface area contributed by atoms with Gasteiger partial charge in [-0.1, -0.05) is 12.1 Å². The van der Waals surface area contributed by atoms with Crippen LogP contribution < -0.4 is 0 Å². The highest BCUT2D eigenvalue weighted by Crippen LogP contribution is 2.11. The third-order valence-corrected chi connectivity index (χ3v) is 2.62. The fourth-order valence-corrected chi connectivity index (χ4v) is 1.64. The number of carbonyl (C=O) groups excluding carboxylic acids is 1. The first-order chi connectivity index (χ1) is 9.36. The van der Waals surface area contributed by atoms with Gasteiger partial charge < -0.3 is 15.1 Å². The fraction of sp³-hybridized carbons (Fsp3) is 0.231. The van der Waals surface area contributed by atoms with E-state index in [1.54, 1.807) is 0 Å². The second-order valence-corrected chi connectivity index (χ2v) is 4.03. The summed E-state index contributed by atoms with van der Waals surface area (Å²) in [6, 6.07) is 6.06. The van der Waals surface area contributed by atoms with Crippen LogP contribution >= 0.6 is 0 Å². The van der Waals surface area contributed by atoms with Crippen molar-refractivity contribution in [3.8, 4) is 6.07 Å². The molecule has 0 bridgehead atoms. The van der Waals surface area contributed by atoms with Gasteiger partial charge in [0.05, 0.1) is 11.6 Å². The molecular formula is C13H12N2O5. The maximum absolute atomic E-state index is 11.5. The zero-order valence-corrected chi connectivity index (χ0v) is 10.6. The van der Waals surface area contributed by atoms with Crippen LogP contribution in [0.2, 0.25) is 0 Å².